The van der Waals surface area contributed by atoms with Gasteiger partial charge in [0.25, 0.3) is 0 Å². The van der Waals surface area contributed by atoms with E-state index in [0.717, 1.165) is 22.6 Å². The average Bonchev–Trinajstić information content (AvgIpc) is 3.25. The molecule has 0 bridgehead atoms. The van der Waals surface area contributed by atoms with Crippen LogP contribution in [-0.4, -0.2) is 5.11 Å². The van der Waals surface area contributed by atoms with Crippen LogP contribution < -0.4 is 0 Å². The molecule has 19 heavy (non-hydrogen) atoms. The van der Waals surface area contributed by atoms with Crippen molar-refractivity contribution in [2.75, 3.05) is 0 Å². The number of hydrogen-bond donors (Lipinski definition) is 1. The Labute approximate surface area is 114 Å². The second kappa shape index (κ2) is 4.82. The second-order valence-electron chi connectivity index (χ2n) is 5.70. The summed E-state index contributed by atoms with van der Waals surface area (Å²) < 4.78 is 0. The Morgan fingerprint density at radius 2 is 1.68 bits per heavy atom. The van der Waals surface area contributed by atoms with Gasteiger partial charge < -0.3 is 5.11 Å². The van der Waals surface area contributed by atoms with E-state index in [1.54, 1.807) is 0 Å². The summed E-state index contributed by atoms with van der Waals surface area (Å²) in [5.74, 6) is 0.770. The van der Waals surface area contributed by atoms with E-state index in [9.17, 15) is 5.11 Å². The molecule has 1 saturated carbocycles. The molecular formula is C18H20O. The van der Waals surface area contributed by atoms with Crippen LogP contribution in [-0.2, 0) is 0 Å². The molecule has 98 valence electrons. The maximum Gasteiger partial charge on any atom is 0.104 e. The van der Waals surface area contributed by atoms with Gasteiger partial charge in [-0.05, 0) is 54.9 Å². The molecule has 0 spiro atoms. The minimum atomic E-state index is -0.520. The highest BCUT2D eigenvalue weighted by Gasteiger charge is 2.23. The van der Waals surface area contributed by atoms with Gasteiger partial charge in [0, 0.05) is 0 Å². The number of aliphatic hydroxyl groups excluding tert-OH is 1. The number of rotatable bonds is 3. The Morgan fingerprint density at radius 1 is 1.00 bits per heavy atom. The Kier molecular flexibility index (Phi) is 3.16. The summed E-state index contributed by atoms with van der Waals surface area (Å²) in [6.45, 7) is 4.11. The van der Waals surface area contributed by atoms with Gasteiger partial charge in [0.15, 0.2) is 0 Å². The summed E-state index contributed by atoms with van der Waals surface area (Å²) in [5.41, 5.74) is 5.74. The maximum atomic E-state index is 10.5. The van der Waals surface area contributed by atoms with E-state index in [1.807, 2.05) is 0 Å². The molecule has 2 aromatic rings. The van der Waals surface area contributed by atoms with Crippen molar-refractivity contribution in [3.05, 3.63) is 70.3 Å². The van der Waals surface area contributed by atoms with Gasteiger partial charge in [-0.25, -0.2) is 0 Å². The van der Waals surface area contributed by atoms with Gasteiger partial charge in [-0.1, -0.05) is 48.0 Å². The first-order valence-corrected chi connectivity index (χ1v) is 7.00. The molecule has 1 aliphatic carbocycles. The van der Waals surface area contributed by atoms with Gasteiger partial charge in [0.05, 0.1) is 0 Å². The van der Waals surface area contributed by atoms with Crippen LogP contribution in [0.1, 0.15) is 52.7 Å². The number of benzene rings is 2. The topological polar surface area (TPSA) is 20.2 Å². The number of aliphatic hydroxyl groups is 1. The monoisotopic (exact) mass is 252 g/mol. The molecule has 0 radical (unpaired) electrons. The zero-order valence-corrected chi connectivity index (χ0v) is 11.6. The summed E-state index contributed by atoms with van der Waals surface area (Å²) in [5, 5.41) is 10.5. The predicted molar refractivity (Wildman–Crippen MR) is 78.4 cm³/mol. The quantitative estimate of drug-likeness (QED) is 0.865. The van der Waals surface area contributed by atoms with Crippen molar-refractivity contribution in [2.45, 2.75) is 38.7 Å². The summed E-state index contributed by atoms with van der Waals surface area (Å²) >= 11 is 0. The zero-order valence-electron chi connectivity index (χ0n) is 11.6. The van der Waals surface area contributed by atoms with E-state index in [1.165, 1.54) is 24.0 Å². The van der Waals surface area contributed by atoms with E-state index in [4.69, 9.17) is 0 Å². The third-order valence-electron chi connectivity index (χ3n) is 4.03. The van der Waals surface area contributed by atoms with E-state index in [2.05, 4.69) is 56.3 Å². The normalized spacial score (nSPS) is 16.4. The van der Waals surface area contributed by atoms with Crippen molar-refractivity contribution in [3.63, 3.8) is 0 Å². The molecule has 3 rings (SSSR count). The summed E-state index contributed by atoms with van der Waals surface area (Å²) in [4.78, 5) is 0. The summed E-state index contributed by atoms with van der Waals surface area (Å²) in [6.07, 6.45) is 2.12. The van der Waals surface area contributed by atoms with Crippen LogP contribution in [0, 0.1) is 13.8 Å². The first-order chi connectivity index (χ1) is 9.15. The highest BCUT2D eigenvalue weighted by molar-refractivity contribution is 5.39. The lowest BCUT2D eigenvalue weighted by atomic mass is 9.95. The fraction of sp³-hybridized carbons (Fsp3) is 0.333. The lowest BCUT2D eigenvalue weighted by Crippen LogP contribution is -2.02. The second-order valence-corrected chi connectivity index (χ2v) is 5.70. The average molecular weight is 252 g/mol. The van der Waals surface area contributed by atoms with Gasteiger partial charge in [0.2, 0.25) is 0 Å². The van der Waals surface area contributed by atoms with Crippen LogP contribution in [0.3, 0.4) is 0 Å². The van der Waals surface area contributed by atoms with Crippen LogP contribution >= 0.6 is 0 Å². The van der Waals surface area contributed by atoms with Gasteiger partial charge >= 0.3 is 0 Å². The molecular weight excluding hydrogens is 232 g/mol. The van der Waals surface area contributed by atoms with Crippen molar-refractivity contribution in [1.29, 1.82) is 0 Å². The Bertz CT molecular complexity index is 579. The minimum Gasteiger partial charge on any atom is -0.384 e. The molecule has 0 saturated heterocycles. The van der Waals surface area contributed by atoms with Crippen molar-refractivity contribution >= 4 is 0 Å². The standard InChI is InChI=1S/C18H20O/c1-12-3-4-13(2)17(11-12)18(19)16-9-7-15(8-10-16)14-5-6-14/h3-4,7-11,14,18-19H,5-6H2,1-2H3. The van der Waals surface area contributed by atoms with Crippen LogP contribution in [0.5, 0.6) is 0 Å². The number of aryl methyl sites for hydroxylation is 2. The molecule has 1 heteroatoms. The van der Waals surface area contributed by atoms with E-state index in [-0.39, 0.29) is 0 Å². The smallest absolute Gasteiger partial charge is 0.104 e. The van der Waals surface area contributed by atoms with Crippen molar-refractivity contribution in [1.82, 2.24) is 0 Å². The van der Waals surface area contributed by atoms with Crippen molar-refractivity contribution < 1.29 is 5.11 Å². The first-order valence-electron chi connectivity index (χ1n) is 7.00. The van der Waals surface area contributed by atoms with E-state index < -0.39 is 6.10 Å². The number of hydrogen-bond acceptors (Lipinski definition) is 1. The maximum absolute atomic E-state index is 10.5. The molecule has 0 amide bonds. The molecule has 0 heterocycles. The van der Waals surface area contributed by atoms with Gasteiger partial charge in [0.1, 0.15) is 6.10 Å². The lowest BCUT2D eigenvalue weighted by Gasteiger charge is -2.15. The van der Waals surface area contributed by atoms with Crippen LogP contribution in [0.15, 0.2) is 42.5 Å². The van der Waals surface area contributed by atoms with E-state index >= 15 is 0 Å². The van der Waals surface area contributed by atoms with Gasteiger partial charge in [-0.3, -0.25) is 0 Å². The molecule has 1 nitrogen and oxygen atoms in total. The molecule has 1 unspecified atom stereocenters. The lowest BCUT2D eigenvalue weighted by molar-refractivity contribution is 0.219. The minimum absolute atomic E-state index is 0.520. The highest BCUT2D eigenvalue weighted by atomic mass is 16.3. The molecule has 2 aromatic carbocycles. The predicted octanol–water partition coefficient (Wildman–Crippen LogP) is 4.26. The SMILES string of the molecule is Cc1ccc(C)c(C(O)c2ccc(C3CC3)cc2)c1. The van der Waals surface area contributed by atoms with Crippen LogP contribution in [0.25, 0.3) is 0 Å². The summed E-state index contributed by atoms with van der Waals surface area (Å²) in [6, 6.07) is 14.7. The molecule has 1 N–H and O–H groups in total. The van der Waals surface area contributed by atoms with Crippen LogP contribution in [0.2, 0.25) is 0 Å². The molecule has 0 aliphatic heterocycles. The van der Waals surface area contributed by atoms with Crippen LogP contribution in [0.4, 0.5) is 0 Å². The fourth-order valence-electron chi connectivity index (χ4n) is 2.60. The first kappa shape index (κ1) is 12.4. The fourth-order valence-corrected chi connectivity index (χ4v) is 2.60. The third-order valence-corrected chi connectivity index (χ3v) is 4.03. The molecule has 1 aliphatic rings. The largest absolute Gasteiger partial charge is 0.384 e. The van der Waals surface area contributed by atoms with E-state index in [0.29, 0.717) is 0 Å². The highest BCUT2D eigenvalue weighted by Crippen LogP contribution is 2.40. The third kappa shape index (κ3) is 2.57. The Morgan fingerprint density at radius 3 is 2.32 bits per heavy atom. The zero-order chi connectivity index (χ0) is 13.4. The summed E-state index contributed by atoms with van der Waals surface area (Å²) in [7, 11) is 0. The van der Waals surface area contributed by atoms with Crippen molar-refractivity contribution in [3.8, 4) is 0 Å². The molecule has 1 fully saturated rings. The Balaban J connectivity index is 1.89. The molecule has 1 atom stereocenters. The molecule has 0 aromatic heterocycles. The van der Waals surface area contributed by atoms with Crippen molar-refractivity contribution in [2.24, 2.45) is 0 Å². The Hall–Kier alpha value is -1.60. The van der Waals surface area contributed by atoms with Gasteiger partial charge in [-0.15, -0.1) is 0 Å². The van der Waals surface area contributed by atoms with Gasteiger partial charge in [-0.2, -0.15) is 0 Å².